The molecule has 0 amide bonds. The molecular weight excluding hydrogens is 222 g/mol. The summed E-state index contributed by atoms with van der Waals surface area (Å²) in [7, 11) is -3.16. The molecule has 0 atom stereocenters. The van der Waals surface area contributed by atoms with Crippen molar-refractivity contribution >= 4 is 15.5 Å². The van der Waals surface area contributed by atoms with Crippen molar-refractivity contribution in [1.29, 1.82) is 0 Å². The van der Waals surface area contributed by atoms with Crippen molar-refractivity contribution in [2.45, 2.75) is 36.8 Å². The Hall–Kier alpha value is -1.03. The van der Waals surface area contributed by atoms with Crippen molar-refractivity contribution in [2.75, 3.05) is 11.9 Å². The van der Waals surface area contributed by atoms with Gasteiger partial charge in [0.1, 0.15) is 0 Å². The molecule has 0 saturated carbocycles. The Bertz CT molecular complexity index is 492. The topological polar surface area (TPSA) is 46.2 Å². The molecular formula is C12H17NO2S. The van der Waals surface area contributed by atoms with Crippen LogP contribution in [0, 0.1) is 0 Å². The summed E-state index contributed by atoms with van der Waals surface area (Å²) in [6, 6.07) is 5.49. The van der Waals surface area contributed by atoms with Gasteiger partial charge >= 0.3 is 0 Å². The molecule has 0 saturated heterocycles. The highest BCUT2D eigenvalue weighted by molar-refractivity contribution is 7.92. The van der Waals surface area contributed by atoms with Gasteiger partial charge in [-0.15, -0.1) is 0 Å². The van der Waals surface area contributed by atoms with Crippen LogP contribution in [0.25, 0.3) is 0 Å². The van der Waals surface area contributed by atoms with Crippen molar-refractivity contribution in [3.05, 3.63) is 23.8 Å². The highest BCUT2D eigenvalue weighted by Crippen LogP contribution is 2.30. The molecule has 16 heavy (non-hydrogen) atoms. The van der Waals surface area contributed by atoms with Crippen molar-refractivity contribution in [1.82, 2.24) is 0 Å². The van der Waals surface area contributed by atoms with E-state index in [-0.39, 0.29) is 5.25 Å². The molecule has 1 aromatic carbocycles. The fourth-order valence-corrected chi connectivity index (χ4v) is 3.33. The molecule has 0 spiro atoms. The summed E-state index contributed by atoms with van der Waals surface area (Å²) in [6.45, 7) is 4.38. The van der Waals surface area contributed by atoms with Gasteiger partial charge in [0.2, 0.25) is 0 Å². The van der Waals surface area contributed by atoms with Crippen LogP contribution in [0.2, 0.25) is 0 Å². The van der Waals surface area contributed by atoms with Gasteiger partial charge in [-0.1, -0.05) is 6.07 Å². The zero-order valence-corrected chi connectivity index (χ0v) is 10.5. The zero-order valence-electron chi connectivity index (χ0n) is 9.66. The lowest BCUT2D eigenvalue weighted by Crippen LogP contribution is -2.19. The van der Waals surface area contributed by atoms with E-state index in [2.05, 4.69) is 5.32 Å². The fourth-order valence-electron chi connectivity index (χ4n) is 2.00. The van der Waals surface area contributed by atoms with Gasteiger partial charge in [0.25, 0.3) is 0 Å². The number of benzene rings is 1. The summed E-state index contributed by atoms with van der Waals surface area (Å²) in [5, 5.41) is 2.89. The molecule has 0 radical (unpaired) electrons. The SMILES string of the molecule is CC(C)S(=O)(=O)c1cccc2c1CCCN2. The van der Waals surface area contributed by atoms with Gasteiger partial charge in [-0.05, 0) is 44.4 Å². The van der Waals surface area contributed by atoms with Crippen LogP contribution < -0.4 is 5.32 Å². The third-order valence-corrected chi connectivity index (χ3v) is 5.22. The largest absolute Gasteiger partial charge is 0.385 e. The van der Waals surface area contributed by atoms with E-state index >= 15 is 0 Å². The predicted molar refractivity (Wildman–Crippen MR) is 65.6 cm³/mol. The van der Waals surface area contributed by atoms with Crippen LogP contribution in [0.3, 0.4) is 0 Å². The summed E-state index contributed by atoms with van der Waals surface area (Å²) in [4.78, 5) is 0.507. The van der Waals surface area contributed by atoms with E-state index in [1.807, 2.05) is 12.1 Å². The zero-order chi connectivity index (χ0) is 11.8. The molecule has 2 rings (SSSR count). The maximum Gasteiger partial charge on any atom is 0.181 e. The Labute approximate surface area is 96.8 Å². The number of anilines is 1. The predicted octanol–water partition coefficient (Wildman–Crippen LogP) is 2.23. The number of nitrogens with one attached hydrogen (secondary N) is 1. The molecule has 4 heteroatoms. The molecule has 1 N–H and O–H groups in total. The van der Waals surface area contributed by atoms with Crippen molar-refractivity contribution < 1.29 is 8.42 Å². The van der Waals surface area contributed by atoms with E-state index < -0.39 is 9.84 Å². The van der Waals surface area contributed by atoms with Crippen molar-refractivity contribution in [3.8, 4) is 0 Å². The van der Waals surface area contributed by atoms with Gasteiger partial charge in [-0.2, -0.15) is 0 Å². The minimum Gasteiger partial charge on any atom is -0.385 e. The highest BCUT2D eigenvalue weighted by Gasteiger charge is 2.24. The smallest absolute Gasteiger partial charge is 0.181 e. The summed E-state index contributed by atoms with van der Waals surface area (Å²) >= 11 is 0. The second-order valence-electron chi connectivity index (χ2n) is 4.41. The lowest BCUT2D eigenvalue weighted by Gasteiger charge is -2.21. The average molecular weight is 239 g/mol. The highest BCUT2D eigenvalue weighted by atomic mass is 32.2. The van der Waals surface area contributed by atoms with E-state index in [4.69, 9.17) is 0 Å². The van der Waals surface area contributed by atoms with E-state index in [0.29, 0.717) is 4.90 Å². The molecule has 0 aliphatic carbocycles. The molecule has 0 bridgehead atoms. The Kier molecular flexibility index (Phi) is 2.93. The normalized spacial score (nSPS) is 15.7. The number of hydrogen-bond acceptors (Lipinski definition) is 3. The molecule has 1 aliphatic rings. The van der Waals surface area contributed by atoms with Gasteiger partial charge in [-0.3, -0.25) is 0 Å². The fraction of sp³-hybridized carbons (Fsp3) is 0.500. The maximum absolute atomic E-state index is 12.2. The number of hydrogen-bond donors (Lipinski definition) is 1. The first-order valence-corrected chi connectivity index (χ1v) is 7.18. The van der Waals surface area contributed by atoms with Gasteiger partial charge in [0, 0.05) is 12.2 Å². The average Bonchev–Trinajstić information content (AvgIpc) is 2.28. The van der Waals surface area contributed by atoms with Gasteiger partial charge in [0.15, 0.2) is 9.84 Å². The first-order valence-electron chi connectivity index (χ1n) is 5.63. The Morgan fingerprint density at radius 1 is 1.31 bits per heavy atom. The van der Waals surface area contributed by atoms with Crippen LogP contribution in [0.4, 0.5) is 5.69 Å². The second-order valence-corrected chi connectivity index (χ2v) is 6.88. The first kappa shape index (κ1) is 11.5. The Balaban J connectivity index is 2.58. The van der Waals surface area contributed by atoms with Crippen LogP contribution in [0.15, 0.2) is 23.1 Å². The quantitative estimate of drug-likeness (QED) is 0.860. The second kappa shape index (κ2) is 4.09. The van der Waals surface area contributed by atoms with Gasteiger partial charge in [0.05, 0.1) is 10.1 Å². The molecule has 1 heterocycles. The molecule has 0 aromatic heterocycles. The third-order valence-electron chi connectivity index (χ3n) is 2.98. The standard InChI is InChI=1S/C12H17NO2S/c1-9(2)16(14,15)12-7-3-6-11-10(12)5-4-8-13-11/h3,6-7,9,13H,4-5,8H2,1-2H3. The molecule has 1 aromatic rings. The Morgan fingerprint density at radius 3 is 2.75 bits per heavy atom. The van der Waals surface area contributed by atoms with E-state index in [9.17, 15) is 8.42 Å². The summed E-state index contributed by atoms with van der Waals surface area (Å²) in [5.41, 5.74) is 1.94. The van der Waals surface area contributed by atoms with Gasteiger partial charge < -0.3 is 5.32 Å². The number of fused-ring (bicyclic) bond motifs is 1. The third kappa shape index (κ3) is 1.82. The molecule has 1 aliphatic heterocycles. The summed E-state index contributed by atoms with van der Waals surface area (Å²) < 4.78 is 24.4. The van der Waals surface area contributed by atoms with Gasteiger partial charge in [-0.25, -0.2) is 8.42 Å². The van der Waals surface area contributed by atoms with E-state index in [1.54, 1.807) is 19.9 Å². The molecule has 0 unspecified atom stereocenters. The van der Waals surface area contributed by atoms with Crippen LogP contribution in [-0.4, -0.2) is 20.2 Å². The van der Waals surface area contributed by atoms with Crippen LogP contribution in [0.1, 0.15) is 25.8 Å². The van der Waals surface area contributed by atoms with Crippen molar-refractivity contribution in [3.63, 3.8) is 0 Å². The first-order chi connectivity index (χ1) is 7.53. The minimum absolute atomic E-state index is 0.360. The van der Waals surface area contributed by atoms with Crippen LogP contribution >= 0.6 is 0 Å². The Morgan fingerprint density at radius 2 is 2.06 bits per heavy atom. The van der Waals surface area contributed by atoms with Crippen molar-refractivity contribution in [2.24, 2.45) is 0 Å². The van der Waals surface area contributed by atoms with E-state index in [0.717, 1.165) is 30.6 Å². The summed E-state index contributed by atoms with van der Waals surface area (Å²) in [5.74, 6) is 0. The lowest BCUT2D eigenvalue weighted by molar-refractivity contribution is 0.585. The van der Waals surface area contributed by atoms with Crippen LogP contribution in [0.5, 0.6) is 0 Å². The molecule has 88 valence electrons. The summed E-state index contributed by atoms with van der Waals surface area (Å²) in [6.07, 6.45) is 1.85. The maximum atomic E-state index is 12.2. The van der Waals surface area contributed by atoms with E-state index in [1.165, 1.54) is 0 Å². The lowest BCUT2D eigenvalue weighted by atomic mass is 10.0. The van der Waals surface area contributed by atoms with Crippen LogP contribution in [-0.2, 0) is 16.3 Å². The monoisotopic (exact) mass is 239 g/mol. The number of sulfone groups is 1. The molecule has 3 nitrogen and oxygen atoms in total. The minimum atomic E-state index is -3.16. The molecule has 0 fully saturated rings. The number of rotatable bonds is 2.